The van der Waals surface area contributed by atoms with Crippen molar-refractivity contribution in [3.05, 3.63) is 66.0 Å². The van der Waals surface area contributed by atoms with Crippen LogP contribution in [0.25, 0.3) is 16.6 Å². The molecule has 0 spiro atoms. The van der Waals surface area contributed by atoms with Gasteiger partial charge in [-0.05, 0) is 63.9 Å². The second-order valence-electron chi connectivity index (χ2n) is 9.20. The lowest BCUT2D eigenvalue weighted by Gasteiger charge is -2.20. The summed E-state index contributed by atoms with van der Waals surface area (Å²) < 4.78 is 1.58. The van der Waals surface area contributed by atoms with Crippen molar-refractivity contribution in [2.24, 2.45) is 0 Å². The van der Waals surface area contributed by atoms with E-state index in [1.807, 2.05) is 31.3 Å². The number of nitrogens with zero attached hydrogens (tertiary/aromatic N) is 6. The van der Waals surface area contributed by atoms with E-state index in [1.165, 1.54) is 0 Å². The van der Waals surface area contributed by atoms with Crippen LogP contribution in [-0.2, 0) is 4.79 Å². The Balaban J connectivity index is 1.32. The number of aryl methyl sites for hydroxylation is 2. The van der Waals surface area contributed by atoms with Gasteiger partial charge in [0.15, 0.2) is 5.69 Å². The highest BCUT2D eigenvalue weighted by atomic mass is 16.2. The SMILES string of the molecule is Cc1ccncc1-c1ccc2c(C(=O)Nc3cc(NC(=O)CN4CCC[C@@H]4C)cnc3C)nnn2c1. The Morgan fingerprint density at radius 1 is 1.14 bits per heavy atom. The van der Waals surface area contributed by atoms with Crippen molar-refractivity contribution in [1.82, 2.24) is 29.7 Å². The molecule has 0 saturated carbocycles. The first-order valence-corrected chi connectivity index (χ1v) is 12.0. The van der Waals surface area contributed by atoms with Crippen LogP contribution in [0.4, 0.5) is 11.4 Å². The summed E-state index contributed by atoms with van der Waals surface area (Å²) in [5, 5.41) is 14.0. The van der Waals surface area contributed by atoms with Gasteiger partial charge in [-0.1, -0.05) is 11.3 Å². The molecule has 5 heterocycles. The molecule has 4 aromatic rings. The number of hydrogen-bond donors (Lipinski definition) is 2. The molecule has 36 heavy (non-hydrogen) atoms. The minimum absolute atomic E-state index is 0.101. The highest BCUT2D eigenvalue weighted by Gasteiger charge is 2.22. The number of hydrogen-bond acceptors (Lipinski definition) is 7. The lowest BCUT2D eigenvalue weighted by molar-refractivity contribution is -0.117. The summed E-state index contributed by atoms with van der Waals surface area (Å²) in [5.74, 6) is -0.509. The first-order chi connectivity index (χ1) is 17.4. The number of carbonyl (C=O) groups is 2. The van der Waals surface area contributed by atoms with Crippen molar-refractivity contribution in [2.45, 2.75) is 39.7 Å². The van der Waals surface area contributed by atoms with Gasteiger partial charge in [0.25, 0.3) is 5.91 Å². The lowest BCUT2D eigenvalue weighted by atomic mass is 10.1. The Morgan fingerprint density at radius 2 is 2.00 bits per heavy atom. The van der Waals surface area contributed by atoms with Gasteiger partial charge in [0.05, 0.1) is 35.3 Å². The van der Waals surface area contributed by atoms with Gasteiger partial charge in [0.2, 0.25) is 5.91 Å². The second kappa shape index (κ2) is 9.82. The van der Waals surface area contributed by atoms with Gasteiger partial charge < -0.3 is 10.6 Å². The maximum Gasteiger partial charge on any atom is 0.278 e. The number of amides is 2. The maximum atomic E-state index is 13.1. The Morgan fingerprint density at radius 3 is 2.78 bits per heavy atom. The first-order valence-electron chi connectivity index (χ1n) is 12.0. The van der Waals surface area contributed by atoms with Gasteiger partial charge in [-0.2, -0.15) is 0 Å². The summed E-state index contributed by atoms with van der Waals surface area (Å²) in [4.78, 5) is 36.3. The molecule has 1 saturated heterocycles. The van der Waals surface area contributed by atoms with Gasteiger partial charge in [0, 0.05) is 35.8 Å². The van der Waals surface area contributed by atoms with Crippen LogP contribution in [0.1, 0.15) is 41.5 Å². The third-order valence-electron chi connectivity index (χ3n) is 6.63. The fourth-order valence-electron chi connectivity index (χ4n) is 4.50. The minimum Gasteiger partial charge on any atom is -0.324 e. The molecule has 1 fully saturated rings. The van der Waals surface area contributed by atoms with Crippen molar-refractivity contribution < 1.29 is 9.59 Å². The second-order valence-corrected chi connectivity index (χ2v) is 9.20. The molecule has 1 aliphatic rings. The van der Waals surface area contributed by atoms with E-state index in [4.69, 9.17) is 0 Å². The molecule has 4 aromatic heterocycles. The average Bonchev–Trinajstić information content (AvgIpc) is 3.47. The number of anilines is 2. The largest absolute Gasteiger partial charge is 0.324 e. The molecule has 1 aliphatic heterocycles. The van der Waals surface area contributed by atoms with E-state index in [1.54, 1.807) is 36.1 Å². The summed E-state index contributed by atoms with van der Waals surface area (Å²) in [6.45, 7) is 7.21. The predicted molar refractivity (Wildman–Crippen MR) is 137 cm³/mol. The minimum atomic E-state index is -0.408. The zero-order chi connectivity index (χ0) is 25.2. The molecule has 10 nitrogen and oxygen atoms in total. The summed E-state index contributed by atoms with van der Waals surface area (Å²) >= 11 is 0. The topological polar surface area (TPSA) is 117 Å². The van der Waals surface area contributed by atoms with Gasteiger partial charge in [-0.3, -0.25) is 24.5 Å². The number of aromatic nitrogens is 5. The van der Waals surface area contributed by atoms with Crippen LogP contribution < -0.4 is 10.6 Å². The van der Waals surface area contributed by atoms with E-state index in [9.17, 15) is 9.59 Å². The Bertz CT molecular complexity index is 1450. The number of likely N-dealkylation sites (tertiary alicyclic amines) is 1. The van der Waals surface area contributed by atoms with Crippen LogP contribution in [0.5, 0.6) is 0 Å². The van der Waals surface area contributed by atoms with Crippen molar-refractivity contribution in [2.75, 3.05) is 23.7 Å². The van der Waals surface area contributed by atoms with E-state index in [0.29, 0.717) is 35.2 Å². The average molecular weight is 485 g/mol. The molecule has 5 rings (SSSR count). The third kappa shape index (κ3) is 4.80. The Labute approximate surface area is 208 Å². The van der Waals surface area contributed by atoms with Gasteiger partial charge in [-0.15, -0.1) is 5.10 Å². The molecule has 0 aromatic carbocycles. The molecule has 0 aliphatic carbocycles. The number of nitrogens with one attached hydrogen (secondary N) is 2. The molecule has 0 unspecified atom stereocenters. The molecule has 184 valence electrons. The van der Waals surface area contributed by atoms with E-state index in [-0.39, 0.29) is 11.6 Å². The summed E-state index contributed by atoms with van der Waals surface area (Å²) in [6.07, 6.45) is 9.18. The quantitative estimate of drug-likeness (QED) is 0.430. The van der Waals surface area contributed by atoms with Crippen molar-refractivity contribution >= 4 is 28.7 Å². The first kappa shape index (κ1) is 23.6. The fourth-order valence-corrected chi connectivity index (χ4v) is 4.50. The van der Waals surface area contributed by atoms with Gasteiger partial charge >= 0.3 is 0 Å². The van der Waals surface area contributed by atoms with Crippen LogP contribution in [0.15, 0.2) is 49.1 Å². The number of carbonyl (C=O) groups excluding carboxylic acids is 2. The zero-order valence-corrected chi connectivity index (χ0v) is 20.5. The third-order valence-corrected chi connectivity index (χ3v) is 6.63. The molecule has 2 amide bonds. The van der Waals surface area contributed by atoms with Crippen LogP contribution in [0.3, 0.4) is 0 Å². The van der Waals surface area contributed by atoms with Crippen LogP contribution in [-0.4, -0.2) is 60.6 Å². The van der Waals surface area contributed by atoms with Gasteiger partial charge in [0.1, 0.15) is 0 Å². The predicted octanol–water partition coefficient (Wildman–Crippen LogP) is 3.48. The number of fused-ring (bicyclic) bond motifs is 1. The summed E-state index contributed by atoms with van der Waals surface area (Å²) in [5.41, 5.74) is 5.42. The molecule has 1 atom stereocenters. The number of rotatable bonds is 6. The van der Waals surface area contributed by atoms with Gasteiger partial charge in [-0.25, -0.2) is 4.52 Å². The molecular formula is C26H28N8O2. The van der Waals surface area contributed by atoms with E-state index >= 15 is 0 Å². The molecule has 10 heteroatoms. The Hall–Kier alpha value is -4.18. The van der Waals surface area contributed by atoms with E-state index < -0.39 is 5.91 Å². The lowest BCUT2D eigenvalue weighted by Crippen LogP contribution is -2.35. The standard InChI is InChI=1S/C26H28N8O2/c1-16-8-9-27-13-21(16)19-6-7-23-25(31-32-34(23)14-19)26(36)30-22-11-20(12-28-18(22)3)29-24(35)15-33-10-4-5-17(33)2/h6-9,11-14,17H,4-5,10,15H2,1-3H3,(H,29,35)(H,30,36)/t17-/m0/s1. The highest BCUT2D eigenvalue weighted by molar-refractivity contribution is 6.08. The monoisotopic (exact) mass is 484 g/mol. The van der Waals surface area contributed by atoms with E-state index in [2.05, 4.69) is 42.7 Å². The van der Waals surface area contributed by atoms with Crippen molar-refractivity contribution in [1.29, 1.82) is 0 Å². The van der Waals surface area contributed by atoms with E-state index in [0.717, 1.165) is 36.1 Å². The maximum absolute atomic E-state index is 13.1. The fraction of sp³-hybridized carbons (Fsp3) is 0.308. The Kier molecular flexibility index (Phi) is 6.43. The normalized spacial score (nSPS) is 15.8. The van der Waals surface area contributed by atoms with Crippen LogP contribution in [0, 0.1) is 13.8 Å². The van der Waals surface area contributed by atoms with Crippen molar-refractivity contribution in [3.63, 3.8) is 0 Å². The van der Waals surface area contributed by atoms with Crippen LogP contribution >= 0.6 is 0 Å². The molecule has 0 radical (unpaired) electrons. The summed E-state index contributed by atoms with van der Waals surface area (Å²) in [6, 6.07) is 7.80. The molecular weight excluding hydrogens is 456 g/mol. The van der Waals surface area contributed by atoms with Crippen LogP contribution in [0.2, 0.25) is 0 Å². The zero-order valence-electron chi connectivity index (χ0n) is 20.5. The highest BCUT2D eigenvalue weighted by Crippen LogP contribution is 2.24. The van der Waals surface area contributed by atoms with Crippen molar-refractivity contribution in [3.8, 4) is 11.1 Å². The molecule has 0 bridgehead atoms. The number of pyridine rings is 3. The molecule has 2 N–H and O–H groups in total. The summed E-state index contributed by atoms with van der Waals surface area (Å²) in [7, 11) is 0. The smallest absolute Gasteiger partial charge is 0.278 e.